The van der Waals surface area contributed by atoms with Crippen LogP contribution in [-0.4, -0.2) is 114 Å². The quantitative estimate of drug-likeness (QED) is 0.171. The zero-order valence-electron chi connectivity index (χ0n) is 18.6. The highest BCUT2D eigenvalue weighted by atomic mass is 127. The van der Waals surface area contributed by atoms with Crippen LogP contribution in [0.4, 0.5) is 0 Å². The highest BCUT2D eigenvalue weighted by Gasteiger charge is 2.21. The molecule has 0 unspecified atom stereocenters. The maximum atomic E-state index is 11.9. The summed E-state index contributed by atoms with van der Waals surface area (Å²) in [5, 5.41) is 6.26. The second-order valence-electron chi connectivity index (χ2n) is 7.38. The number of carbonyl (C=O) groups excluding carboxylic acids is 1. The largest absolute Gasteiger partial charge is 0.383 e. The number of carbonyl (C=O) groups is 1. The van der Waals surface area contributed by atoms with Gasteiger partial charge < -0.3 is 29.7 Å². The number of guanidine groups is 1. The fraction of sp³-hybridized carbons (Fsp3) is 0.900. The molecule has 2 aliphatic heterocycles. The van der Waals surface area contributed by atoms with Crippen molar-refractivity contribution in [1.82, 2.24) is 20.4 Å². The van der Waals surface area contributed by atoms with Crippen molar-refractivity contribution in [3.05, 3.63) is 0 Å². The van der Waals surface area contributed by atoms with Crippen molar-refractivity contribution in [2.45, 2.75) is 32.3 Å². The van der Waals surface area contributed by atoms with Gasteiger partial charge in [-0.1, -0.05) is 0 Å². The lowest BCUT2D eigenvalue weighted by atomic mass is 10.1. The standard InChI is InChI=1S/C20H39N5O4.HI/c1-3-21-20(23-7-4-13-29-18-5-14-28-15-6-18)25-11-9-24(10-12-25)17-19(26)22-8-16-27-2;/h18H,3-17H2,1-2H3,(H,21,23)(H,22,26);1H. The maximum absolute atomic E-state index is 11.9. The van der Waals surface area contributed by atoms with Gasteiger partial charge in [0.2, 0.25) is 5.91 Å². The average molecular weight is 541 g/mol. The number of hydrogen-bond donors (Lipinski definition) is 2. The lowest BCUT2D eigenvalue weighted by Crippen LogP contribution is -2.54. The first-order valence-electron chi connectivity index (χ1n) is 10.9. The van der Waals surface area contributed by atoms with Crippen molar-refractivity contribution >= 4 is 35.8 Å². The van der Waals surface area contributed by atoms with Gasteiger partial charge in [-0.25, -0.2) is 0 Å². The molecular formula is C20H40IN5O4. The van der Waals surface area contributed by atoms with Gasteiger partial charge in [-0.05, 0) is 26.2 Å². The summed E-state index contributed by atoms with van der Waals surface area (Å²) in [6, 6.07) is 0. The summed E-state index contributed by atoms with van der Waals surface area (Å²) in [5.41, 5.74) is 0. The van der Waals surface area contributed by atoms with Crippen molar-refractivity contribution in [2.75, 3.05) is 85.9 Å². The third-order valence-electron chi connectivity index (χ3n) is 5.09. The van der Waals surface area contributed by atoms with Crippen LogP contribution in [0.15, 0.2) is 4.99 Å². The second-order valence-corrected chi connectivity index (χ2v) is 7.38. The van der Waals surface area contributed by atoms with E-state index in [9.17, 15) is 4.79 Å². The molecule has 30 heavy (non-hydrogen) atoms. The predicted octanol–water partition coefficient (Wildman–Crippen LogP) is 0.536. The zero-order chi connectivity index (χ0) is 20.7. The molecule has 0 aromatic rings. The van der Waals surface area contributed by atoms with Crippen molar-refractivity contribution in [3.8, 4) is 0 Å². The van der Waals surface area contributed by atoms with E-state index in [1.54, 1.807) is 7.11 Å². The molecule has 2 saturated heterocycles. The van der Waals surface area contributed by atoms with E-state index in [2.05, 4.69) is 27.4 Å². The molecule has 2 aliphatic rings. The molecule has 0 spiro atoms. The summed E-state index contributed by atoms with van der Waals surface area (Å²) in [5.74, 6) is 1.02. The van der Waals surface area contributed by atoms with Crippen LogP contribution in [0.1, 0.15) is 26.2 Å². The molecule has 0 saturated carbocycles. The number of hydrogen-bond acceptors (Lipinski definition) is 6. The molecule has 0 bridgehead atoms. The molecule has 0 aliphatic carbocycles. The van der Waals surface area contributed by atoms with Gasteiger partial charge in [0.15, 0.2) is 5.96 Å². The molecular weight excluding hydrogens is 501 g/mol. The molecule has 2 heterocycles. The number of rotatable bonds is 11. The molecule has 0 radical (unpaired) electrons. The van der Waals surface area contributed by atoms with E-state index in [1.165, 1.54) is 0 Å². The van der Waals surface area contributed by atoms with Crippen LogP contribution in [0.2, 0.25) is 0 Å². The van der Waals surface area contributed by atoms with Gasteiger partial charge >= 0.3 is 0 Å². The number of nitrogens with one attached hydrogen (secondary N) is 2. The number of aliphatic imine (C=N–C) groups is 1. The number of piperazine rings is 1. The summed E-state index contributed by atoms with van der Waals surface area (Å²) >= 11 is 0. The van der Waals surface area contributed by atoms with Crippen LogP contribution in [0, 0.1) is 0 Å². The highest BCUT2D eigenvalue weighted by molar-refractivity contribution is 14.0. The van der Waals surface area contributed by atoms with E-state index in [1.807, 2.05) is 0 Å². The number of ether oxygens (including phenoxy) is 3. The SMILES string of the molecule is CCNC(=NCCCOC1CCOCC1)N1CCN(CC(=O)NCCOC)CC1.I. The van der Waals surface area contributed by atoms with E-state index >= 15 is 0 Å². The fourth-order valence-electron chi connectivity index (χ4n) is 3.44. The molecule has 2 rings (SSSR count). The van der Waals surface area contributed by atoms with Crippen LogP contribution in [0.3, 0.4) is 0 Å². The van der Waals surface area contributed by atoms with Gasteiger partial charge in [0, 0.05) is 72.7 Å². The minimum absolute atomic E-state index is 0. The Hall–Kier alpha value is -0.690. The fourth-order valence-corrected chi connectivity index (χ4v) is 3.44. The molecule has 1 amide bonds. The minimum atomic E-state index is 0. The predicted molar refractivity (Wildman–Crippen MR) is 129 cm³/mol. The number of amides is 1. The Morgan fingerprint density at radius 3 is 2.53 bits per heavy atom. The number of halogens is 1. The lowest BCUT2D eigenvalue weighted by Gasteiger charge is -2.36. The summed E-state index contributed by atoms with van der Waals surface area (Å²) in [4.78, 5) is 21.2. The van der Waals surface area contributed by atoms with Crippen molar-refractivity contribution < 1.29 is 19.0 Å². The highest BCUT2D eigenvalue weighted by Crippen LogP contribution is 2.10. The topological polar surface area (TPSA) is 87.7 Å². The molecule has 10 heteroatoms. The summed E-state index contributed by atoms with van der Waals surface area (Å²) in [6.07, 6.45) is 3.27. The van der Waals surface area contributed by atoms with Crippen molar-refractivity contribution in [2.24, 2.45) is 4.99 Å². The summed E-state index contributed by atoms with van der Waals surface area (Å²) in [6.45, 7) is 11.1. The van der Waals surface area contributed by atoms with Gasteiger partial charge in [-0.2, -0.15) is 0 Å². The summed E-state index contributed by atoms with van der Waals surface area (Å²) < 4.78 is 16.2. The van der Waals surface area contributed by atoms with E-state index in [0.717, 1.165) is 84.3 Å². The molecule has 0 atom stereocenters. The average Bonchev–Trinajstić information content (AvgIpc) is 2.74. The Morgan fingerprint density at radius 2 is 1.87 bits per heavy atom. The Labute approximate surface area is 198 Å². The van der Waals surface area contributed by atoms with Crippen LogP contribution in [0.25, 0.3) is 0 Å². The number of methoxy groups -OCH3 is 1. The monoisotopic (exact) mass is 541 g/mol. The Balaban J connectivity index is 0.00000450. The van der Waals surface area contributed by atoms with Crippen molar-refractivity contribution in [3.63, 3.8) is 0 Å². The lowest BCUT2D eigenvalue weighted by molar-refractivity contribution is -0.122. The Bertz CT molecular complexity index is 484. The van der Waals surface area contributed by atoms with Crippen LogP contribution < -0.4 is 10.6 Å². The van der Waals surface area contributed by atoms with E-state index < -0.39 is 0 Å². The molecule has 2 fully saturated rings. The van der Waals surface area contributed by atoms with Gasteiger partial charge in [0.25, 0.3) is 0 Å². The molecule has 176 valence electrons. The van der Waals surface area contributed by atoms with Crippen molar-refractivity contribution in [1.29, 1.82) is 0 Å². The normalized spacial score (nSPS) is 18.7. The Morgan fingerprint density at radius 1 is 1.13 bits per heavy atom. The molecule has 0 aromatic heterocycles. The van der Waals surface area contributed by atoms with Gasteiger partial charge in [0.1, 0.15) is 0 Å². The minimum Gasteiger partial charge on any atom is -0.383 e. The maximum Gasteiger partial charge on any atom is 0.234 e. The van der Waals surface area contributed by atoms with Crippen LogP contribution in [0.5, 0.6) is 0 Å². The van der Waals surface area contributed by atoms with Crippen LogP contribution >= 0.6 is 24.0 Å². The molecule has 9 nitrogen and oxygen atoms in total. The van der Waals surface area contributed by atoms with Gasteiger partial charge in [0.05, 0.1) is 19.3 Å². The summed E-state index contributed by atoms with van der Waals surface area (Å²) in [7, 11) is 1.63. The van der Waals surface area contributed by atoms with E-state index in [0.29, 0.717) is 25.8 Å². The first-order chi connectivity index (χ1) is 14.2. The first kappa shape index (κ1) is 27.3. The van der Waals surface area contributed by atoms with Crippen LogP contribution in [-0.2, 0) is 19.0 Å². The Kier molecular flexibility index (Phi) is 15.4. The second kappa shape index (κ2) is 16.9. The zero-order valence-corrected chi connectivity index (χ0v) is 20.9. The first-order valence-corrected chi connectivity index (χ1v) is 10.9. The molecule has 2 N–H and O–H groups in total. The van der Waals surface area contributed by atoms with Gasteiger partial charge in [-0.15, -0.1) is 24.0 Å². The van der Waals surface area contributed by atoms with E-state index in [4.69, 9.17) is 19.2 Å². The van der Waals surface area contributed by atoms with Gasteiger partial charge in [-0.3, -0.25) is 14.7 Å². The number of nitrogens with zero attached hydrogens (tertiary/aromatic N) is 3. The molecule has 0 aromatic carbocycles. The third-order valence-corrected chi connectivity index (χ3v) is 5.09. The third kappa shape index (κ3) is 11.1. The van der Waals surface area contributed by atoms with E-state index in [-0.39, 0.29) is 29.9 Å². The smallest absolute Gasteiger partial charge is 0.234 e.